The number of nitrogens with one attached hydrogen (secondary N) is 2. The van der Waals surface area contributed by atoms with Crippen LogP contribution in [0.2, 0.25) is 0 Å². The van der Waals surface area contributed by atoms with Crippen LogP contribution in [0.1, 0.15) is 37.9 Å². The van der Waals surface area contributed by atoms with Crippen molar-refractivity contribution in [2.45, 2.75) is 20.4 Å². The molecule has 2 amide bonds. The van der Waals surface area contributed by atoms with Crippen LogP contribution in [0.25, 0.3) is 0 Å². The van der Waals surface area contributed by atoms with E-state index in [1.807, 2.05) is 0 Å². The molecule has 128 valence electrons. The Balaban J connectivity index is 1.76. The second-order valence-corrected chi connectivity index (χ2v) is 5.46. The summed E-state index contributed by atoms with van der Waals surface area (Å²) in [4.78, 5) is 24.9. The zero-order valence-electron chi connectivity index (χ0n) is 13.8. The Kier molecular flexibility index (Phi) is 4.65. The van der Waals surface area contributed by atoms with Gasteiger partial charge in [0.15, 0.2) is 0 Å². The highest BCUT2D eigenvalue weighted by atomic mass is 16.5. The molecule has 0 aliphatic rings. The number of carbonyl (C=O) groups is 2. The number of carbonyl (C=O) groups excluding carboxylic acids is 2. The molecule has 0 aliphatic heterocycles. The smallest absolute Gasteiger partial charge is 0.261 e. The normalized spacial score (nSPS) is 10.5. The Morgan fingerprint density at radius 2 is 1.88 bits per heavy atom. The van der Waals surface area contributed by atoms with Gasteiger partial charge in [-0.1, -0.05) is 17.3 Å². The van der Waals surface area contributed by atoms with Crippen LogP contribution in [0.3, 0.4) is 0 Å². The molecule has 3 aromatic rings. The molecule has 0 aliphatic carbocycles. The van der Waals surface area contributed by atoms with Crippen LogP contribution in [0, 0.1) is 13.8 Å². The second kappa shape index (κ2) is 7.04. The van der Waals surface area contributed by atoms with Crippen LogP contribution in [-0.4, -0.2) is 17.0 Å². The minimum Gasteiger partial charge on any atom is -0.467 e. The maximum absolute atomic E-state index is 12.5. The van der Waals surface area contributed by atoms with Gasteiger partial charge in [0.1, 0.15) is 17.1 Å². The maximum Gasteiger partial charge on any atom is 0.261 e. The van der Waals surface area contributed by atoms with E-state index in [9.17, 15) is 9.59 Å². The first kappa shape index (κ1) is 16.5. The van der Waals surface area contributed by atoms with Gasteiger partial charge in [-0.2, -0.15) is 0 Å². The van der Waals surface area contributed by atoms with Crippen molar-refractivity contribution >= 4 is 17.5 Å². The minimum atomic E-state index is -0.373. The van der Waals surface area contributed by atoms with Gasteiger partial charge in [0.2, 0.25) is 0 Å². The van der Waals surface area contributed by atoms with Crippen LogP contribution in [0.4, 0.5) is 5.69 Å². The summed E-state index contributed by atoms with van der Waals surface area (Å²) in [5.74, 6) is 0.383. The van der Waals surface area contributed by atoms with Gasteiger partial charge in [-0.05, 0) is 38.1 Å². The SMILES string of the molecule is Cc1noc(C)c1C(=O)Nc1ccccc1C(=O)NCc1ccco1. The van der Waals surface area contributed by atoms with E-state index in [2.05, 4.69) is 15.8 Å². The Labute approximate surface area is 144 Å². The maximum atomic E-state index is 12.5. The van der Waals surface area contributed by atoms with Gasteiger partial charge in [0.05, 0.1) is 29.8 Å². The lowest BCUT2D eigenvalue weighted by Gasteiger charge is -2.11. The predicted octanol–water partition coefficient (Wildman–Crippen LogP) is 3.07. The van der Waals surface area contributed by atoms with Gasteiger partial charge in [-0.25, -0.2) is 0 Å². The fraction of sp³-hybridized carbons (Fsp3) is 0.167. The third-order valence-corrected chi connectivity index (χ3v) is 3.68. The number of amides is 2. The van der Waals surface area contributed by atoms with Crippen LogP contribution in [0.15, 0.2) is 51.6 Å². The van der Waals surface area contributed by atoms with E-state index in [1.54, 1.807) is 56.5 Å². The number of para-hydroxylation sites is 1. The van der Waals surface area contributed by atoms with E-state index in [0.29, 0.717) is 34.0 Å². The Bertz CT molecular complexity index is 877. The van der Waals surface area contributed by atoms with Gasteiger partial charge in [0.25, 0.3) is 11.8 Å². The van der Waals surface area contributed by atoms with E-state index >= 15 is 0 Å². The van der Waals surface area contributed by atoms with E-state index in [0.717, 1.165) is 0 Å². The lowest BCUT2D eigenvalue weighted by molar-refractivity contribution is 0.0949. The molecule has 7 nitrogen and oxygen atoms in total. The van der Waals surface area contributed by atoms with E-state index in [-0.39, 0.29) is 18.4 Å². The first-order chi connectivity index (χ1) is 12.1. The molecule has 1 aromatic carbocycles. The summed E-state index contributed by atoms with van der Waals surface area (Å²) in [5.41, 5.74) is 1.62. The fourth-order valence-electron chi connectivity index (χ4n) is 2.46. The van der Waals surface area contributed by atoms with Gasteiger partial charge in [-0.15, -0.1) is 0 Å². The van der Waals surface area contributed by atoms with Gasteiger partial charge >= 0.3 is 0 Å². The van der Waals surface area contributed by atoms with E-state index in [4.69, 9.17) is 8.94 Å². The Morgan fingerprint density at radius 3 is 2.56 bits per heavy atom. The van der Waals surface area contributed by atoms with Crippen molar-refractivity contribution in [1.29, 1.82) is 0 Å². The third-order valence-electron chi connectivity index (χ3n) is 3.68. The first-order valence-electron chi connectivity index (χ1n) is 7.70. The van der Waals surface area contributed by atoms with Crippen molar-refractivity contribution in [3.8, 4) is 0 Å². The number of nitrogens with zero attached hydrogens (tertiary/aromatic N) is 1. The molecule has 0 bridgehead atoms. The number of hydrogen-bond acceptors (Lipinski definition) is 5. The minimum absolute atomic E-state index is 0.262. The summed E-state index contributed by atoms with van der Waals surface area (Å²) in [6.45, 7) is 3.61. The summed E-state index contributed by atoms with van der Waals surface area (Å²) in [5, 5.41) is 9.27. The number of aryl methyl sites for hydroxylation is 2. The molecule has 0 saturated carbocycles. The second-order valence-electron chi connectivity index (χ2n) is 5.46. The fourth-order valence-corrected chi connectivity index (χ4v) is 2.46. The lowest BCUT2D eigenvalue weighted by Crippen LogP contribution is -2.24. The van der Waals surface area contributed by atoms with Crippen molar-refractivity contribution < 1.29 is 18.5 Å². The Hall–Kier alpha value is -3.35. The molecule has 7 heteroatoms. The van der Waals surface area contributed by atoms with Crippen LogP contribution >= 0.6 is 0 Å². The van der Waals surface area contributed by atoms with E-state index < -0.39 is 0 Å². The first-order valence-corrected chi connectivity index (χ1v) is 7.70. The molecule has 0 unspecified atom stereocenters. The molecular formula is C18H17N3O4. The zero-order valence-corrected chi connectivity index (χ0v) is 13.8. The number of anilines is 1. The van der Waals surface area contributed by atoms with Gasteiger partial charge in [0, 0.05) is 0 Å². The predicted molar refractivity (Wildman–Crippen MR) is 90.3 cm³/mol. The highest BCUT2D eigenvalue weighted by Crippen LogP contribution is 2.19. The molecule has 25 heavy (non-hydrogen) atoms. The number of hydrogen-bond donors (Lipinski definition) is 2. The van der Waals surface area contributed by atoms with Crippen LogP contribution in [-0.2, 0) is 6.54 Å². The molecule has 0 fully saturated rings. The van der Waals surface area contributed by atoms with Crippen molar-refractivity contribution in [3.63, 3.8) is 0 Å². The molecule has 0 spiro atoms. The number of benzene rings is 1. The molecule has 2 N–H and O–H groups in total. The number of furan rings is 1. The van der Waals surface area contributed by atoms with Gasteiger partial charge < -0.3 is 19.6 Å². The average Bonchev–Trinajstić information content (AvgIpc) is 3.23. The zero-order chi connectivity index (χ0) is 17.8. The molecule has 0 atom stereocenters. The molecule has 2 heterocycles. The summed E-state index contributed by atoms with van der Waals surface area (Å²) >= 11 is 0. The van der Waals surface area contributed by atoms with Crippen molar-refractivity contribution in [2.24, 2.45) is 0 Å². The number of rotatable bonds is 5. The van der Waals surface area contributed by atoms with E-state index in [1.165, 1.54) is 0 Å². The molecule has 2 aromatic heterocycles. The van der Waals surface area contributed by atoms with Crippen molar-refractivity contribution in [1.82, 2.24) is 10.5 Å². The molecular weight excluding hydrogens is 322 g/mol. The topological polar surface area (TPSA) is 97.4 Å². The lowest BCUT2D eigenvalue weighted by atomic mass is 10.1. The Morgan fingerprint density at radius 1 is 1.08 bits per heavy atom. The standard InChI is InChI=1S/C18H17N3O4/c1-11-16(12(2)25-21-11)18(23)20-15-8-4-3-7-14(15)17(22)19-10-13-6-5-9-24-13/h3-9H,10H2,1-2H3,(H,19,22)(H,20,23). The summed E-state index contributed by atoms with van der Waals surface area (Å²) in [6, 6.07) is 10.3. The highest BCUT2D eigenvalue weighted by molar-refractivity contribution is 6.09. The number of aromatic nitrogens is 1. The van der Waals surface area contributed by atoms with Crippen LogP contribution in [0.5, 0.6) is 0 Å². The van der Waals surface area contributed by atoms with Crippen molar-refractivity contribution in [3.05, 3.63) is 71.0 Å². The highest BCUT2D eigenvalue weighted by Gasteiger charge is 2.20. The summed E-state index contributed by atoms with van der Waals surface area (Å²) < 4.78 is 10.2. The van der Waals surface area contributed by atoms with Crippen molar-refractivity contribution in [2.75, 3.05) is 5.32 Å². The van der Waals surface area contributed by atoms with Crippen LogP contribution < -0.4 is 10.6 Å². The quantitative estimate of drug-likeness (QED) is 0.744. The summed E-state index contributed by atoms with van der Waals surface area (Å²) in [6.07, 6.45) is 1.54. The third kappa shape index (κ3) is 3.60. The average molecular weight is 339 g/mol. The monoisotopic (exact) mass is 339 g/mol. The summed E-state index contributed by atoms with van der Waals surface area (Å²) in [7, 11) is 0. The molecule has 0 radical (unpaired) electrons. The molecule has 0 saturated heterocycles. The largest absolute Gasteiger partial charge is 0.467 e. The van der Waals surface area contributed by atoms with Gasteiger partial charge in [-0.3, -0.25) is 9.59 Å². The molecule has 3 rings (SSSR count).